The smallest absolute Gasteiger partial charge is 0.406 e. The van der Waals surface area contributed by atoms with Gasteiger partial charge in [-0.3, -0.25) is 14.6 Å². The number of carbonyl (C=O) groups excluding carboxylic acids is 1. The molecule has 7 nitrogen and oxygen atoms in total. The number of nitrogens with one attached hydrogen (secondary N) is 2. The van der Waals surface area contributed by atoms with Crippen LogP contribution in [0.25, 0.3) is 0 Å². The van der Waals surface area contributed by atoms with Gasteiger partial charge in [-0.1, -0.05) is 12.1 Å². The van der Waals surface area contributed by atoms with E-state index in [4.69, 9.17) is 5.73 Å². The maximum Gasteiger partial charge on any atom is 0.573 e. The average Bonchev–Trinajstić information content (AvgIpc) is 2.44. The topological polar surface area (TPSA) is 110 Å². The molecule has 1 aliphatic rings. The number of ether oxygens (including phenoxy) is 1. The van der Waals surface area contributed by atoms with Crippen LogP contribution in [0.15, 0.2) is 29.1 Å². The van der Waals surface area contributed by atoms with Gasteiger partial charge in [0.2, 0.25) is 11.9 Å². The molecule has 2 aromatic rings. The third-order valence-corrected chi connectivity index (χ3v) is 3.49. The van der Waals surface area contributed by atoms with E-state index in [9.17, 15) is 22.8 Å². The standard InChI is InChI=1S/C14H11F3N4O3/c15-14(16,17)24-7-3-1-6(2-4-7)8-5-9(22)19-11-10(8)12(23)21-13(18)20-11/h1-4,8H,5H2,(H4,18,19,20,21,22,23). The highest BCUT2D eigenvalue weighted by atomic mass is 19.4. The van der Waals surface area contributed by atoms with Gasteiger partial charge in [0, 0.05) is 12.3 Å². The number of rotatable bonds is 2. The van der Waals surface area contributed by atoms with Crippen LogP contribution in [0.5, 0.6) is 5.75 Å². The summed E-state index contributed by atoms with van der Waals surface area (Å²) in [6.07, 6.45) is -4.83. The van der Waals surface area contributed by atoms with Gasteiger partial charge < -0.3 is 15.8 Å². The molecule has 4 N–H and O–H groups in total. The van der Waals surface area contributed by atoms with Crippen LogP contribution >= 0.6 is 0 Å². The number of amides is 1. The number of fused-ring (bicyclic) bond motifs is 1. The maximum absolute atomic E-state index is 12.2. The molecular weight excluding hydrogens is 329 g/mol. The molecular formula is C14H11F3N4O3. The van der Waals surface area contributed by atoms with Gasteiger partial charge in [-0.2, -0.15) is 4.98 Å². The van der Waals surface area contributed by atoms with Crippen LogP contribution in [0.3, 0.4) is 0 Å². The Labute approximate surface area is 132 Å². The second-order valence-corrected chi connectivity index (χ2v) is 5.14. The molecule has 1 aromatic heterocycles. The van der Waals surface area contributed by atoms with Crippen molar-refractivity contribution < 1.29 is 22.7 Å². The van der Waals surface area contributed by atoms with Crippen molar-refractivity contribution in [3.05, 3.63) is 45.7 Å². The molecule has 0 bridgehead atoms. The monoisotopic (exact) mass is 340 g/mol. The lowest BCUT2D eigenvalue weighted by Crippen LogP contribution is -2.31. The summed E-state index contributed by atoms with van der Waals surface area (Å²) in [5.74, 6) is -1.51. The van der Waals surface area contributed by atoms with Gasteiger partial charge in [0.15, 0.2) is 0 Å². The lowest BCUT2D eigenvalue weighted by molar-refractivity contribution is -0.274. The number of benzene rings is 1. The Morgan fingerprint density at radius 1 is 1.21 bits per heavy atom. The molecule has 126 valence electrons. The minimum absolute atomic E-state index is 0.0405. The van der Waals surface area contributed by atoms with Crippen molar-refractivity contribution in [3.8, 4) is 5.75 Å². The first kappa shape index (κ1) is 15.8. The van der Waals surface area contributed by atoms with Crippen LogP contribution in [0.4, 0.5) is 24.9 Å². The fourth-order valence-electron chi connectivity index (χ4n) is 2.58. The molecule has 0 spiro atoms. The largest absolute Gasteiger partial charge is 0.573 e. The summed E-state index contributed by atoms with van der Waals surface area (Å²) in [7, 11) is 0. The lowest BCUT2D eigenvalue weighted by Gasteiger charge is -2.24. The van der Waals surface area contributed by atoms with Crippen LogP contribution in [0.2, 0.25) is 0 Å². The zero-order chi connectivity index (χ0) is 17.5. The summed E-state index contributed by atoms with van der Waals surface area (Å²) < 4.78 is 40.4. The predicted molar refractivity (Wildman–Crippen MR) is 77.5 cm³/mol. The second kappa shape index (κ2) is 5.55. The summed E-state index contributed by atoms with van der Waals surface area (Å²) in [6, 6.07) is 4.97. The van der Waals surface area contributed by atoms with Crippen LogP contribution in [0, 0.1) is 0 Å². The quantitative estimate of drug-likeness (QED) is 0.771. The molecule has 1 aromatic carbocycles. The number of hydrogen-bond donors (Lipinski definition) is 3. The molecule has 1 amide bonds. The van der Waals surface area contributed by atoms with Gasteiger partial charge in [-0.25, -0.2) is 0 Å². The molecule has 0 saturated heterocycles. The van der Waals surface area contributed by atoms with Crippen LogP contribution < -0.4 is 21.3 Å². The van der Waals surface area contributed by atoms with Gasteiger partial charge in [0.05, 0.1) is 5.56 Å². The number of aromatic nitrogens is 2. The fourth-order valence-corrected chi connectivity index (χ4v) is 2.58. The van der Waals surface area contributed by atoms with E-state index in [0.29, 0.717) is 5.56 Å². The molecule has 10 heteroatoms. The lowest BCUT2D eigenvalue weighted by atomic mass is 9.87. The highest BCUT2D eigenvalue weighted by Gasteiger charge is 2.32. The average molecular weight is 340 g/mol. The molecule has 2 heterocycles. The minimum atomic E-state index is -4.79. The molecule has 24 heavy (non-hydrogen) atoms. The summed E-state index contributed by atoms with van der Waals surface area (Å²) in [4.78, 5) is 30.2. The fraction of sp³-hybridized carbons (Fsp3) is 0.214. The van der Waals surface area contributed by atoms with Crippen molar-refractivity contribution in [2.24, 2.45) is 0 Å². The van der Waals surface area contributed by atoms with Gasteiger partial charge in [0.25, 0.3) is 5.56 Å². The van der Waals surface area contributed by atoms with Gasteiger partial charge in [-0.05, 0) is 17.7 Å². The van der Waals surface area contributed by atoms with Crippen LogP contribution in [-0.4, -0.2) is 22.2 Å². The summed E-state index contributed by atoms with van der Waals surface area (Å²) >= 11 is 0. The molecule has 3 rings (SSSR count). The van der Waals surface area contributed by atoms with E-state index in [-0.39, 0.29) is 29.7 Å². The molecule has 0 radical (unpaired) electrons. The zero-order valence-corrected chi connectivity index (χ0v) is 12.0. The number of H-pyrrole nitrogens is 1. The Kier molecular flexibility index (Phi) is 3.66. The third-order valence-electron chi connectivity index (χ3n) is 3.49. The highest BCUT2D eigenvalue weighted by molar-refractivity contribution is 5.94. The van der Waals surface area contributed by atoms with Gasteiger partial charge in [0.1, 0.15) is 11.6 Å². The molecule has 1 atom stereocenters. The molecule has 0 saturated carbocycles. The van der Waals surface area contributed by atoms with Crippen molar-refractivity contribution >= 4 is 17.7 Å². The van der Waals surface area contributed by atoms with E-state index in [2.05, 4.69) is 20.0 Å². The Morgan fingerprint density at radius 3 is 2.50 bits per heavy atom. The number of anilines is 2. The van der Waals surface area contributed by atoms with E-state index >= 15 is 0 Å². The number of nitrogen functional groups attached to an aromatic ring is 1. The van der Waals surface area contributed by atoms with E-state index < -0.39 is 23.6 Å². The summed E-state index contributed by atoms with van der Waals surface area (Å²) in [5.41, 5.74) is 5.62. The molecule has 1 unspecified atom stereocenters. The Balaban J connectivity index is 1.99. The number of hydrogen-bond acceptors (Lipinski definition) is 5. The number of aromatic amines is 1. The number of carbonyl (C=O) groups is 1. The van der Waals surface area contributed by atoms with Crippen molar-refractivity contribution in [2.75, 3.05) is 11.1 Å². The maximum atomic E-state index is 12.2. The van der Waals surface area contributed by atoms with E-state index in [1.165, 1.54) is 12.1 Å². The van der Waals surface area contributed by atoms with Crippen molar-refractivity contribution in [1.29, 1.82) is 0 Å². The molecule has 0 fully saturated rings. The summed E-state index contributed by atoms with van der Waals surface area (Å²) in [5, 5.41) is 2.46. The van der Waals surface area contributed by atoms with Crippen molar-refractivity contribution in [1.82, 2.24) is 9.97 Å². The first-order valence-electron chi connectivity index (χ1n) is 6.78. The number of nitrogens with two attached hydrogens (primary N) is 1. The second-order valence-electron chi connectivity index (χ2n) is 5.14. The first-order chi connectivity index (χ1) is 11.2. The predicted octanol–water partition coefficient (Wildman–Crippen LogP) is 1.72. The van der Waals surface area contributed by atoms with Gasteiger partial charge >= 0.3 is 6.36 Å². The number of alkyl halides is 3. The Bertz CT molecular complexity index is 846. The van der Waals surface area contributed by atoms with E-state index in [0.717, 1.165) is 12.1 Å². The highest BCUT2D eigenvalue weighted by Crippen LogP contribution is 2.35. The zero-order valence-electron chi connectivity index (χ0n) is 12.0. The normalized spacial score (nSPS) is 17.1. The van der Waals surface area contributed by atoms with E-state index in [1.54, 1.807) is 0 Å². The number of nitrogens with zero attached hydrogens (tertiary/aromatic N) is 1. The third kappa shape index (κ3) is 3.16. The first-order valence-corrected chi connectivity index (χ1v) is 6.78. The van der Waals surface area contributed by atoms with Gasteiger partial charge in [-0.15, -0.1) is 13.2 Å². The van der Waals surface area contributed by atoms with Crippen LogP contribution in [-0.2, 0) is 4.79 Å². The summed E-state index contributed by atoms with van der Waals surface area (Å²) in [6.45, 7) is 0. The number of halogens is 3. The van der Waals surface area contributed by atoms with Crippen molar-refractivity contribution in [2.45, 2.75) is 18.7 Å². The SMILES string of the molecule is Nc1nc2c(c(=O)[nH]1)C(c1ccc(OC(F)(F)F)cc1)CC(=O)N2. The minimum Gasteiger partial charge on any atom is -0.406 e. The van der Waals surface area contributed by atoms with Crippen LogP contribution in [0.1, 0.15) is 23.5 Å². The Hall–Kier alpha value is -3.04. The molecule has 0 aliphatic carbocycles. The molecule has 1 aliphatic heterocycles. The van der Waals surface area contributed by atoms with E-state index in [1.807, 2.05) is 0 Å². The Morgan fingerprint density at radius 2 is 1.88 bits per heavy atom. The van der Waals surface area contributed by atoms with Crippen molar-refractivity contribution in [3.63, 3.8) is 0 Å².